The number of hydrogen-bond donors (Lipinski definition) is 2. The SMILES string of the molecule is O=P12OC(CCO)C(O)(O1)O2. The molecule has 2 bridgehead atoms. The first-order valence-corrected chi connectivity index (χ1v) is 4.57. The summed E-state index contributed by atoms with van der Waals surface area (Å²) in [4.78, 5) is 0. The monoisotopic (exact) mass is 182 g/mol. The summed E-state index contributed by atoms with van der Waals surface area (Å²) in [6.45, 7) is -0.181. The van der Waals surface area contributed by atoms with Gasteiger partial charge < -0.3 is 10.2 Å². The van der Waals surface area contributed by atoms with Crippen LogP contribution in [0.5, 0.6) is 0 Å². The van der Waals surface area contributed by atoms with Crippen LogP contribution in [0.3, 0.4) is 0 Å². The lowest BCUT2D eigenvalue weighted by Gasteiger charge is -2.29. The fourth-order valence-electron chi connectivity index (χ4n) is 1.06. The first-order chi connectivity index (χ1) is 5.08. The van der Waals surface area contributed by atoms with Gasteiger partial charge in [0.05, 0.1) is 0 Å². The van der Waals surface area contributed by atoms with Crippen molar-refractivity contribution in [2.75, 3.05) is 6.61 Å². The van der Waals surface area contributed by atoms with E-state index in [2.05, 4.69) is 13.6 Å². The Balaban J connectivity index is 2.10. The Morgan fingerprint density at radius 1 is 1.55 bits per heavy atom. The summed E-state index contributed by atoms with van der Waals surface area (Å²) in [5.74, 6) is -1.88. The number of fused-ring (bicyclic) bond motifs is 1. The summed E-state index contributed by atoms with van der Waals surface area (Å²) in [6.07, 6.45) is -0.696. The van der Waals surface area contributed by atoms with Crippen LogP contribution in [-0.2, 0) is 18.1 Å². The zero-order valence-electron chi connectivity index (χ0n) is 5.47. The summed E-state index contributed by atoms with van der Waals surface area (Å²) in [5.41, 5.74) is 0. The molecule has 11 heavy (non-hydrogen) atoms. The van der Waals surface area contributed by atoms with Gasteiger partial charge in [-0.1, -0.05) is 0 Å². The molecule has 0 radical (unpaired) electrons. The van der Waals surface area contributed by atoms with Crippen molar-refractivity contribution in [3.8, 4) is 0 Å². The highest BCUT2D eigenvalue weighted by Crippen LogP contribution is 2.73. The van der Waals surface area contributed by atoms with Crippen LogP contribution >= 0.6 is 7.82 Å². The Morgan fingerprint density at radius 2 is 2.18 bits per heavy atom. The Labute approximate surface area is 62.3 Å². The molecule has 0 amide bonds. The molecule has 3 saturated heterocycles. The van der Waals surface area contributed by atoms with E-state index < -0.39 is 19.9 Å². The van der Waals surface area contributed by atoms with Gasteiger partial charge >= 0.3 is 13.8 Å². The third-order valence-corrected chi connectivity index (χ3v) is 3.02. The largest absolute Gasteiger partial charge is 0.484 e. The van der Waals surface area contributed by atoms with Gasteiger partial charge in [0.2, 0.25) is 0 Å². The highest BCUT2D eigenvalue weighted by atomic mass is 31.2. The van der Waals surface area contributed by atoms with E-state index in [1.165, 1.54) is 0 Å². The number of rotatable bonds is 2. The van der Waals surface area contributed by atoms with Gasteiger partial charge in [-0.15, -0.1) is 0 Å². The smallest absolute Gasteiger partial charge is 0.396 e. The lowest BCUT2D eigenvalue weighted by Crippen LogP contribution is -2.44. The molecule has 0 aromatic carbocycles. The average Bonchev–Trinajstić information content (AvgIpc) is 2.16. The number of phosphoric acid groups is 1. The minimum absolute atomic E-state index is 0.139. The second-order valence-electron chi connectivity index (χ2n) is 2.37. The van der Waals surface area contributed by atoms with Gasteiger partial charge in [-0.25, -0.2) is 13.6 Å². The Morgan fingerprint density at radius 3 is 2.55 bits per heavy atom. The van der Waals surface area contributed by atoms with E-state index >= 15 is 0 Å². The topological polar surface area (TPSA) is 85.2 Å². The lowest BCUT2D eigenvalue weighted by molar-refractivity contribution is -0.325. The molecule has 1 unspecified atom stereocenters. The molecular weight excluding hydrogens is 175 g/mol. The van der Waals surface area contributed by atoms with E-state index in [4.69, 9.17) is 10.2 Å². The van der Waals surface area contributed by atoms with Gasteiger partial charge in [0.15, 0.2) is 6.10 Å². The minimum Gasteiger partial charge on any atom is -0.396 e. The molecule has 3 aliphatic heterocycles. The average molecular weight is 182 g/mol. The van der Waals surface area contributed by atoms with Crippen molar-refractivity contribution >= 4 is 7.82 Å². The quantitative estimate of drug-likeness (QED) is 0.563. The zero-order valence-corrected chi connectivity index (χ0v) is 6.36. The van der Waals surface area contributed by atoms with Gasteiger partial charge in [0, 0.05) is 13.0 Å². The van der Waals surface area contributed by atoms with Gasteiger partial charge in [-0.2, -0.15) is 0 Å². The highest BCUT2D eigenvalue weighted by molar-refractivity contribution is 7.50. The van der Waals surface area contributed by atoms with Crippen LogP contribution in [0.25, 0.3) is 0 Å². The molecule has 64 valence electrons. The van der Waals surface area contributed by atoms with Crippen LogP contribution in [0.2, 0.25) is 0 Å². The Bertz CT molecular complexity index is 217. The van der Waals surface area contributed by atoms with E-state index in [0.717, 1.165) is 0 Å². The molecule has 0 aromatic heterocycles. The van der Waals surface area contributed by atoms with Gasteiger partial charge in [-0.3, -0.25) is 4.52 Å². The molecule has 1 atom stereocenters. The van der Waals surface area contributed by atoms with E-state index in [1.807, 2.05) is 0 Å². The molecule has 7 heteroatoms. The number of hydrogen-bond acceptors (Lipinski definition) is 6. The van der Waals surface area contributed by atoms with Crippen molar-refractivity contribution in [1.82, 2.24) is 0 Å². The molecule has 3 fully saturated rings. The molecule has 2 N–H and O–H groups in total. The van der Waals surface area contributed by atoms with Gasteiger partial charge in [0.25, 0.3) is 0 Å². The highest BCUT2D eigenvalue weighted by Gasteiger charge is 2.70. The van der Waals surface area contributed by atoms with Crippen molar-refractivity contribution in [2.45, 2.75) is 18.5 Å². The van der Waals surface area contributed by atoms with Crippen LogP contribution in [-0.4, -0.2) is 28.9 Å². The molecule has 3 rings (SSSR count). The maximum absolute atomic E-state index is 10.9. The molecule has 0 aromatic rings. The van der Waals surface area contributed by atoms with Gasteiger partial charge in [0.1, 0.15) is 0 Å². The first kappa shape index (κ1) is 7.67. The van der Waals surface area contributed by atoms with Crippen LogP contribution in [0.4, 0.5) is 0 Å². The van der Waals surface area contributed by atoms with E-state index in [-0.39, 0.29) is 13.0 Å². The molecule has 6 nitrogen and oxygen atoms in total. The first-order valence-electron chi connectivity index (χ1n) is 3.11. The second kappa shape index (κ2) is 2.04. The summed E-state index contributed by atoms with van der Waals surface area (Å²) >= 11 is 0. The van der Waals surface area contributed by atoms with E-state index in [1.54, 1.807) is 0 Å². The third-order valence-electron chi connectivity index (χ3n) is 1.54. The Hall–Kier alpha value is 0.0300. The van der Waals surface area contributed by atoms with E-state index in [0.29, 0.717) is 0 Å². The maximum Gasteiger partial charge on any atom is 0.484 e. The van der Waals surface area contributed by atoms with Crippen LogP contribution in [0.1, 0.15) is 6.42 Å². The van der Waals surface area contributed by atoms with Crippen molar-refractivity contribution in [3.63, 3.8) is 0 Å². The normalized spacial score (nSPS) is 54.2. The van der Waals surface area contributed by atoms with Crippen molar-refractivity contribution in [2.24, 2.45) is 0 Å². The molecule has 0 saturated carbocycles. The number of phosphoric ester groups is 1. The number of aliphatic hydroxyl groups excluding tert-OH is 1. The predicted molar refractivity (Wildman–Crippen MR) is 31.3 cm³/mol. The molecule has 3 aliphatic rings. The van der Waals surface area contributed by atoms with Crippen molar-refractivity contribution < 1.29 is 28.3 Å². The lowest BCUT2D eigenvalue weighted by atomic mass is 10.2. The maximum atomic E-state index is 10.9. The molecular formula is C4H7O6P. The molecule has 0 spiro atoms. The summed E-state index contributed by atoms with van der Waals surface area (Å²) in [6, 6.07) is 0. The fourth-order valence-corrected chi connectivity index (χ4v) is 2.59. The minimum atomic E-state index is -3.41. The van der Waals surface area contributed by atoms with Crippen LogP contribution in [0.15, 0.2) is 0 Å². The van der Waals surface area contributed by atoms with Crippen molar-refractivity contribution in [3.05, 3.63) is 0 Å². The molecule has 0 aliphatic carbocycles. The second-order valence-corrected chi connectivity index (χ2v) is 3.84. The summed E-state index contributed by atoms with van der Waals surface area (Å²) < 4.78 is 24.4. The standard InChI is InChI=1S/C4H7O6P/c5-2-1-3-4(6)9-11(7,8-3)10-4/h3,5-6H,1-2H2. The predicted octanol–water partition coefficient (Wildman–Crippen LogP) is -0.431. The zero-order chi connectivity index (χ0) is 8.11. The van der Waals surface area contributed by atoms with E-state index in [9.17, 15) is 4.57 Å². The van der Waals surface area contributed by atoms with Gasteiger partial charge in [-0.05, 0) is 0 Å². The fraction of sp³-hybridized carbons (Fsp3) is 1.00. The van der Waals surface area contributed by atoms with Crippen LogP contribution < -0.4 is 0 Å². The summed E-state index contributed by atoms with van der Waals surface area (Å²) in [5, 5.41) is 17.6. The third kappa shape index (κ3) is 0.955. The Kier molecular flexibility index (Phi) is 1.42. The van der Waals surface area contributed by atoms with Crippen molar-refractivity contribution in [1.29, 1.82) is 0 Å². The summed E-state index contributed by atoms with van der Waals surface area (Å²) in [7, 11) is -3.41. The molecule has 3 heterocycles. The van der Waals surface area contributed by atoms with Crippen LogP contribution in [0, 0.1) is 0 Å². The number of aliphatic hydroxyl groups is 2.